The molecule has 0 aliphatic heterocycles. The summed E-state index contributed by atoms with van der Waals surface area (Å²) in [6, 6.07) is 0. The summed E-state index contributed by atoms with van der Waals surface area (Å²) in [6.45, 7) is 5.61. The number of hydrogen-bond acceptors (Lipinski definition) is 3. The van der Waals surface area contributed by atoms with Gasteiger partial charge < -0.3 is 10.2 Å². The standard InChI is InChI=1S/C10H17NO2/c1-3-11(4-2)10(13)7-5-9(12)6-8-10/h5-7,12-13H,3-4,8H2,1-2H3. The number of nitrogens with zero attached hydrogens (tertiary/aromatic N) is 1. The topological polar surface area (TPSA) is 43.7 Å². The molecular formula is C10H17NO2. The van der Waals surface area contributed by atoms with E-state index < -0.39 is 5.72 Å². The van der Waals surface area contributed by atoms with E-state index in [-0.39, 0.29) is 5.76 Å². The molecule has 1 atom stereocenters. The summed E-state index contributed by atoms with van der Waals surface area (Å²) in [5, 5.41) is 19.2. The number of allylic oxidation sites excluding steroid dienone is 1. The molecule has 0 saturated carbocycles. The quantitative estimate of drug-likeness (QED) is 0.650. The van der Waals surface area contributed by atoms with Gasteiger partial charge in [0, 0.05) is 6.42 Å². The Morgan fingerprint density at radius 1 is 1.46 bits per heavy atom. The maximum atomic E-state index is 10.1. The molecular weight excluding hydrogens is 166 g/mol. The molecule has 0 heterocycles. The minimum absolute atomic E-state index is 0.233. The molecule has 1 aliphatic rings. The predicted molar refractivity (Wildman–Crippen MR) is 52.3 cm³/mol. The van der Waals surface area contributed by atoms with Crippen molar-refractivity contribution >= 4 is 0 Å². The first-order valence-electron chi connectivity index (χ1n) is 4.68. The van der Waals surface area contributed by atoms with Gasteiger partial charge in [0.1, 0.15) is 11.5 Å². The van der Waals surface area contributed by atoms with E-state index in [0.29, 0.717) is 6.42 Å². The van der Waals surface area contributed by atoms with E-state index in [1.54, 1.807) is 18.2 Å². The van der Waals surface area contributed by atoms with Crippen LogP contribution in [0.15, 0.2) is 24.0 Å². The van der Waals surface area contributed by atoms with Gasteiger partial charge in [-0.15, -0.1) is 0 Å². The molecule has 13 heavy (non-hydrogen) atoms. The minimum atomic E-state index is -0.907. The fourth-order valence-electron chi connectivity index (χ4n) is 1.62. The Morgan fingerprint density at radius 2 is 2.08 bits per heavy atom. The highest BCUT2D eigenvalue weighted by Gasteiger charge is 2.30. The van der Waals surface area contributed by atoms with E-state index in [0.717, 1.165) is 13.1 Å². The molecule has 0 saturated heterocycles. The SMILES string of the molecule is CCN(CC)C1(O)C=CC(O)=CC1. The predicted octanol–water partition coefficient (Wildman–Crippen LogP) is 1.42. The molecule has 0 aromatic heterocycles. The van der Waals surface area contributed by atoms with Crippen LogP contribution >= 0.6 is 0 Å². The monoisotopic (exact) mass is 183 g/mol. The number of aliphatic hydroxyl groups is 2. The van der Waals surface area contributed by atoms with Crippen molar-refractivity contribution in [2.75, 3.05) is 13.1 Å². The zero-order valence-electron chi connectivity index (χ0n) is 8.20. The Balaban J connectivity index is 2.73. The zero-order chi connectivity index (χ0) is 9.90. The molecule has 0 spiro atoms. The lowest BCUT2D eigenvalue weighted by atomic mass is 10.0. The largest absolute Gasteiger partial charge is 0.508 e. The number of rotatable bonds is 3. The van der Waals surface area contributed by atoms with E-state index in [1.165, 1.54) is 0 Å². The van der Waals surface area contributed by atoms with Crippen molar-refractivity contribution in [1.29, 1.82) is 0 Å². The van der Waals surface area contributed by atoms with Crippen molar-refractivity contribution in [3.63, 3.8) is 0 Å². The van der Waals surface area contributed by atoms with Crippen LogP contribution in [0.3, 0.4) is 0 Å². The Hall–Kier alpha value is -0.800. The third kappa shape index (κ3) is 2.11. The Kier molecular flexibility index (Phi) is 3.12. The van der Waals surface area contributed by atoms with Gasteiger partial charge in [-0.3, -0.25) is 4.90 Å². The molecule has 3 heteroatoms. The maximum absolute atomic E-state index is 10.1. The number of likely N-dealkylation sites (N-methyl/N-ethyl adjacent to an activating group) is 1. The normalized spacial score (nSPS) is 27.8. The summed E-state index contributed by atoms with van der Waals surface area (Å²) < 4.78 is 0. The molecule has 0 aromatic carbocycles. The van der Waals surface area contributed by atoms with Crippen LogP contribution in [-0.4, -0.2) is 33.9 Å². The van der Waals surface area contributed by atoms with Crippen molar-refractivity contribution in [3.05, 3.63) is 24.0 Å². The minimum Gasteiger partial charge on any atom is -0.508 e. The first-order valence-corrected chi connectivity index (χ1v) is 4.68. The van der Waals surface area contributed by atoms with Gasteiger partial charge in [0.05, 0.1) is 0 Å². The average Bonchev–Trinajstić information content (AvgIpc) is 2.13. The first kappa shape index (κ1) is 10.3. The second-order valence-corrected chi connectivity index (χ2v) is 3.22. The molecule has 1 unspecified atom stereocenters. The Labute approximate surface area is 79.0 Å². The molecule has 2 N–H and O–H groups in total. The maximum Gasteiger partial charge on any atom is 0.141 e. The van der Waals surface area contributed by atoms with Crippen LogP contribution in [0.1, 0.15) is 20.3 Å². The molecule has 1 rings (SSSR count). The highest BCUT2D eigenvalue weighted by atomic mass is 16.3. The van der Waals surface area contributed by atoms with Crippen LogP contribution in [0.5, 0.6) is 0 Å². The average molecular weight is 183 g/mol. The van der Waals surface area contributed by atoms with Gasteiger partial charge in [-0.05, 0) is 31.3 Å². The van der Waals surface area contributed by atoms with Crippen molar-refractivity contribution in [2.24, 2.45) is 0 Å². The summed E-state index contributed by atoms with van der Waals surface area (Å²) in [4.78, 5) is 1.95. The second-order valence-electron chi connectivity index (χ2n) is 3.22. The van der Waals surface area contributed by atoms with Crippen molar-refractivity contribution in [3.8, 4) is 0 Å². The summed E-state index contributed by atoms with van der Waals surface area (Å²) in [5.74, 6) is 0.233. The molecule has 0 amide bonds. The number of hydrogen-bond donors (Lipinski definition) is 2. The Bertz CT molecular complexity index is 231. The zero-order valence-corrected chi connectivity index (χ0v) is 8.20. The molecule has 1 aliphatic carbocycles. The van der Waals surface area contributed by atoms with E-state index in [2.05, 4.69) is 0 Å². The van der Waals surface area contributed by atoms with E-state index in [9.17, 15) is 5.11 Å². The van der Waals surface area contributed by atoms with Gasteiger partial charge in [0.15, 0.2) is 0 Å². The molecule has 0 radical (unpaired) electrons. The van der Waals surface area contributed by atoms with Gasteiger partial charge >= 0.3 is 0 Å². The lowest BCUT2D eigenvalue weighted by Crippen LogP contribution is -2.47. The highest BCUT2D eigenvalue weighted by molar-refractivity contribution is 5.21. The van der Waals surface area contributed by atoms with Crippen LogP contribution in [0.25, 0.3) is 0 Å². The van der Waals surface area contributed by atoms with E-state index in [1.807, 2.05) is 18.7 Å². The van der Waals surface area contributed by atoms with E-state index >= 15 is 0 Å². The first-order chi connectivity index (χ1) is 6.12. The van der Waals surface area contributed by atoms with Crippen LogP contribution in [0.4, 0.5) is 0 Å². The second kappa shape index (κ2) is 3.94. The van der Waals surface area contributed by atoms with Crippen molar-refractivity contribution in [1.82, 2.24) is 4.90 Å². The fourth-order valence-corrected chi connectivity index (χ4v) is 1.62. The van der Waals surface area contributed by atoms with Crippen molar-refractivity contribution < 1.29 is 10.2 Å². The third-order valence-corrected chi connectivity index (χ3v) is 2.44. The smallest absolute Gasteiger partial charge is 0.141 e. The van der Waals surface area contributed by atoms with Crippen molar-refractivity contribution in [2.45, 2.75) is 26.0 Å². The lowest BCUT2D eigenvalue weighted by Gasteiger charge is -2.36. The van der Waals surface area contributed by atoms with Crippen LogP contribution in [-0.2, 0) is 0 Å². The van der Waals surface area contributed by atoms with Gasteiger partial charge in [-0.25, -0.2) is 0 Å². The van der Waals surface area contributed by atoms with Crippen LogP contribution in [0.2, 0.25) is 0 Å². The van der Waals surface area contributed by atoms with Gasteiger partial charge in [0.25, 0.3) is 0 Å². The molecule has 74 valence electrons. The van der Waals surface area contributed by atoms with Crippen LogP contribution in [0, 0.1) is 0 Å². The lowest BCUT2D eigenvalue weighted by molar-refractivity contribution is -0.0618. The Morgan fingerprint density at radius 3 is 2.46 bits per heavy atom. The van der Waals surface area contributed by atoms with Gasteiger partial charge in [-0.1, -0.05) is 13.8 Å². The fraction of sp³-hybridized carbons (Fsp3) is 0.600. The summed E-state index contributed by atoms with van der Waals surface area (Å²) in [5.41, 5.74) is -0.907. The third-order valence-electron chi connectivity index (χ3n) is 2.44. The molecule has 0 aromatic rings. The van der Waals surface area contributed by atoms with Crippen LogP contribution < -0.4 is 0 Å². The summed E-state index contributed by atoms with van der Waals surface area (Å²) >= 11 is 0. The molecule has 0 fully saturated rings. The van der Waals surface area contributed by atoms with Gasteiger partial charge in [-0.2, -0.15) is 0 Å². The molecule has 0 bridgehead atoms. The van der Waals surface area contributed by atoms with Gasteiger partial charge in [0.2, 0.25) is 0 Å². The highest BCUT2D eigenvalue weighted by Crippen LogP contribution is 2.23. The summed E-state index contributed by atoms with van der Waals surface area (Å²) in [7, 11) is 0. The molecule has 3 nitrogen and oxygen atoms in total. The number of aliphatic hydroxyl groups excluding tert-OH is 1. The van der Waals surface area contributed by atoms with E-state index in [4.69, 9.17) is 5.11 Å². The summed E-state index contributed by atoms with van der Waals surface area (Å²) in [6.07, 6.45) is 5.28.